The van der Waals surface area contributed by atoms with Gasteiger partial charge in [-0.15, -0.1) is 0 Å². The number of methoxy groups -OCH3 is 1. The molecule has 0 amide bonds. The van der Waals surface area contributed by atoms with Crippen molar-refractivity contribution in [2.24, 2.45) is 0 Å². The molecule has 0 aliphatic heterocycles. The summed E-state index contributed by atoms with van der Waals surface area (Å²) in [5.41, 5.74) is 3.39. The Morgan fingerprint density at radius 2 is 2.06 bits per heavy atom. The molecular weight excluding hydrogens is 224 g/mol. The van der Waals surface area contributed by atoms with E-state index >= 15 is 0 Å². The monoisotopic (exact) mass is 240 g/mol. The molecule has 0 spiro atoms. The first-order chi connectivity index (χ1) is 7.77. The second kappa shape index (κ2) is 5.07. The Labute approximate surface area is 101 Å². The van der Waals surface area contributed by atoms with E-state index in [2.05, 4.69) is 0 Å². The third-order valence-corrected chi connectivity index (χ3v) is 3.70. The SMILES string of the molecule is COc1cc2c(c(CO)c1Cl)CCCCC2. The maximum Gasteiger partial charge on any atom is 0.138 e. The zero-order valence-corrected chi connectivity index (χ0v) is 10.3. The predicted octanol–water partition coefficient (Wildman–Crippen LogP) is 3.11. The lowest BCUT2D eigenvalue weighted by molar-refractivity contribution is 0.279. The van der Waals surface area contributed by atoms with E-state index in [1.165, 1.54) is 30.4 Å². The minimum Gasteiger partial charge on any atom is -0.495 e. The van der Waals surface area contributed by atoms with Crippen molar-refractivity contribution in [2.75, 3.05) is 7.11 Å². The van der Waals surface area contributed by atoms with Crippen LogP contribution in [0.3, 0.4) is 0 Å². The van der Waals surface area contributed by atoms with Gasteiger partial charge in [0.15, 0.2) is 0 Å². The molecule has 1 aliphatic carbocycles. The number of aryl methyl sites for hydroxylation is 1. The topological polar surface area (TPSA) is 29.5 Å². The number of fused-ring (bicyclic) bond motifs is 1. The van der Waals surface area contributed by atoms with Gasteiger partial charge in [-0.25, -0.2) is 0 Å². The maximum absolute atomic E-state index is 9.45. The lowest BCUT2D eigenvalue weighted by Gasteiger charge is -2.15. The van der Waals surface area contributed by atoms with Crippen LogP contribution in [-0.4, -0.2) is 12.2 Å². The van der Waals surface area contributed by atoms with Crippen LogP contribution in [0.1, 0.15) is 36.0 Å². The second-order valence-corrected chi connectivity index (χ2v) is 4.61. The predicted molar refractivity (Wildman–Crippen MR) is 65.2 cm³/mol. The fourth-order valence-corrected chi connectivity index (χ4v) is 2.73. The summed E-state index contributed by atoms with van der Waals surface area (Å²) in [5.74, 6) is 0.686. The Morgan fingerprint density at radius 1 is 1.31 bits per heavy atom. The molecule has 0 heterocycles. The van der Waals surface area contributed by atoms with Crippen LogP contribution in [0.4, 0.5) is 0 Å². The first-order valence-corrected chi connectivity index (χ1v) is 6.13. The van der Waals surface area contributed by atoms with Crippen molar-refractivity contribution in [2.45, 2.75) is 38.7 Å². The molecule has 0 unspecified atom stereocenters. The number of hydrogen-bond acceptors (Lipinski definition) is 2. The van der Waals surface area contributed by atoms with Crippen molar-refractivity contribution in [3.05, 3.63) is 27.8 Å². The van der Waals surface area contributed by atoms with E-state index in [0.29, 0.717) is 10.8 Å². The van der Waals surface area contributed by atoms with Crippen molar-refractivity contribution in [1.82, 2.24) is 0 Å². The standard InChI is InChI=1S/C13H17ClO2/c1-16-12-7-9-5-3-2-4-6-10(9)11(8-15)13(12)14/h7,15H,2-6,8H2,1H3. The van der Waals surface area contributed by atoms with Gasteiger partial charge in [-0.05, 0) is 42.9 Å². The molecule has 0 saturated heterocycles. The van der Waals surface area contributed by atoms with Gasteiger partial charge in [0, 0.05) is 5.56 Å². The highest BCUT2D eigenvalue weighted by molar-refractivity contribution is 6.33. The average molecular weight is 241 g/mol. The fourth-order valence-electron chi connectivity index (χ4n) is 2.43. The molecule has 2 nitrogen and oxygen atoms in total. The van der Waals surface area contributed by atoms with Gasteiger partial charge < -0.3 is 9.84 Å². The van der Waals surface area contributed by atoms with E-state index in [0.717, 1.165) is 18.4 Å². The van der Waals surface area contributed by atoms with Crippen LogP contribution in [0.5, 0.6) is 5.75 Å². The summed E-state index contributed by atoms with van der Waals surface area (Å²) in [6.07, 6.45) is 5.73. The van der Waals surface area contributed by atoms with E-state index < -0.39 is 0 Å². The van der Waals surface area contributed by atoms with Gasteiger partial charge in [0.1, 0.15) is 5.75 Å². The van der Waals surface area contributed by atoms with Gasteiger partial charge in [0.2, 0.25) is 0 Å². The Hall–Kier alpha value is -0.730. The summed E-state index contributed by atoms with van der Waals surface area (Å²) >= 11 is 6.21. The number of aliphatic hydroxyl groups excluding tert-OH is 1. The van der Waals surface area contributed by atoms with Gasteiger partial charge >= 0.3 is 0 Å². The van der Waals surface area contributed by atoms with E-state index in [1.54, 1.807) is 7.11 Å². The zero-order chi connectivity index (χ0) is 11.5. The highest BCUT2D eigenvalue weighted by Gasteiger charge is 2.18. The molecule has 1 N–H and O–H groups in total. The maximum atomic E-state index is 9.45. The lowest BCUT2D eigenvalue weighted by Crippen LogP contribution is -2.02. The fraction of sp³-hybridized carbons (Fsp3) is 0.538. The first-order valence-electron chi connectivity index (χ1n) is 5.76. The number of halogens is 1. The Bertz CT molecular complexity index is 388. The zero-order valence-electron chi connectivity index (χ0n) is 9.55. The Balaban J connectivity index is 2.55. The number of aliphatic hydroxyl groups is 1. The van der Waals surface area contributed by atoms with Crippen LogP contribution in [0.25, 0.3) is 0 Å². The van der Waals surface area contributed by atoms with Crippen LogP contribution >= 0.6 is 11.6 Å². The van der Waals surface area contributed by atoms with Crippen LogP contribution in [0, 0.1) is 0 Å². The molecule has 16 heavy (non-hydrogen) atoms. The smallest absolute Gasteiger partial charge is 0.138 e. The number of rotatable bonds is 2. The highest BCUT2D eigenvalue weighted by atomic mass is 35.5. The number of ether oxygens (including phenoxy) is 1. The summed E-state index contributed by atoms with van der Waals surface area (Å²) in [6.45, 7) is -0.00162. The first kappa shape index (κ1) is 11.7. The molecule has 2 rings (SSSR count). The summed E-state index contributed by atoms with van der Waals surface area (Å²) in [4.78, 5) is 0. The molecule has 0 radical (unpaired) electrons. The van der Waals surface area contributed by atoms with E-state index in [1.807, 2.05) is 6.07 Å². The summed E-state index contributed by atoms with van der Waals surface area (Å²) in [5, 5.41) is 10.0. The number of benzene rings is 1. The minimum absolute atomic E-state index is 0.00162. The highest BCUT2D eigenvalue weighted by Crippen LogP contribution is 2.36. The Morgan fingerprint density at radius 3 is 2.75 bits per heavy atom. The average Bonchev–Trinajstić information content (AvgIpc) is 2.53. The van der Waals surface area contributed by atoms with Crippen LogP contribution in [0.15, 0.2) is 6.07 Å². The summed E-state index contributed by atoms with van der Waals surface area (Å²) in [7, 11) is 1.62. The van der Waals surface area contributed by atoms with Gasteiger partial charge in [-0.1, -0.05) is 18.0 Å². The second-order valence-electron chi connectivity index (χ2n) is 4.23. The largest absolute Gasteiger partial charge is 0.495 e. The van der Waals surface area contributed by atoms with Gasteiger partial charge in [-0.3, -0.25) is 0 Å². The molecule has 0 atom stereocenters. The van der Waals surface area contributed by atoms with Crippen LogP contribution in [0.2, 0.25) is 5.02 Å². The molecule has 0 saturated carbocycles. The normalized spacial score (nSPS) is 15.4. The van der Waals surface area contributed by atoms with Crippen molar-refractivity contribution < 1.29 is 9.84 Å². The molecule has 1 aliphatic rings. The summed E-state index contributed by atoms with van der Waals surface area (Å²) < 4.78 is 5.25. The van der Waals surface area contributed by atoms with Crippen molar-refractivity contribution in [3.8, 4) is 5.75 Å². The van der Waals surface area contributed by atoms with E-state index in [9.17, 15) is 5.11 Å². The van der Waals surface area contributed by atoms with Crippen molar-refractivity contribution in [1.29, 1.82) is 0 Å². The molecule has 0 aromatic heterocycles. The number of hydrogen-bond donors (Lipinski definition) is 1. The van der Waals surface area contributed by atoms with E-state index in [4.69, 9.17) is 16.3 Å². The van der Waals surface area contributed by atoms with Crippen LogP contribution < -0.4 is 4.74 Å². The third-order valence-electron chi connectivity index (χ3n) is 3.29. The lowest BCUT2D eigenvalue weighted by atomic mass is 9.97. The quantitative estimate of drug-likeness (QED) is 0.805. The molecular formula is C13H17ClO2. The van der Waals surface area contributed by atoms with Gasteiger partial charge in [0.05, 0.1) is 18.7 Å². The van der Waals surface area contributed by atoms with Crippen LogP contribution in [-0.2, 0) is 19.4 Å². The molecule has 0 fully saturated rings. The van der Waals surface area contributed by atoms with Crippen molar-refractivity contribution >= 4 is 11.6 Å². The Kier molecular flexibility index (Phi) is 3.72. The van der Waals surface area contributed by atoms with Crippen molar-refractivity contribution in [3.63, 3.8) is 0 Å². The van der Waals surface area contributed by atoms with Gasteiger partial charge in [0.25, 0.3) is 0 Å². The molecule has 3 heteroatoms. The third kappa shape index (κ3) is 2.04. The molecule has 1 aromatic rings. The van der Waals surface area contributed by atoms with E-state index in [-0.39, 0.29) is 6.61 Å². The molecule has 1 aromatic carbocycles. The molecule has 0 bridgehead atoms. The minimum atomic E-state index is -0.00162. The molecule has 88 valence electrons. The summed E-state index contributed by atoms with van der Waals surface area (Å²) in [6, 6.07) is 2.03. The van der Waals surface area contributed by atoms with Gasteiger partial charge in [-0.2, -0.15) is 0 Å².